The molecule has 1 unspecified atom stereocenters. The lowest BCUT2D eigenvalue weighted by atomic mass is 9.74. The lowest BCUT2D eigenvalue weighted by molar-refractivity contribution is 0.0756. The molecule has 1 heterocycles. The van der Waals surface area contributed by atoms with Gasteiger partial charge in [-0.25, -0.2) is 0 Å². The van der Waals surface area contributed by atoms with Crippen LogP contribution in [-0.2, 0) is 5.54 Å². The number of hydrogen-bond acceptors (Lipinski definition) is 2. The number of ether oxygens (including phenoxy) is 1. The smallest absolute Gasteiger partial charge is 0.130 e. The van der Waals surface area contributed by atoms with Crippen LogP contribution >= 0.6 is 0 Å². The van der Waals surface area contributed by atoms with E-state index >= 15 is 0 Å². The maximum absolute atomic E-state index is 6.74. The summed E-state index contributed by atoms with van der Waals surface area (Å²) >= 11 is 0. The van der Waals surface area contributed by atoms with Gasteiger partial charge in [-0.05, 0) is 25.5 Å². The van der Waals surface area contributed by atoms with Crippen molar-refractivity contribution in [3.63, 3.8) is 0 Å². The molecule has 0 saturated heterocycles. The molecule has 2 N–H and O–H groups in total. The molecule has 0 radical (unpaired) electrons. The topological polar surface area (TPSA) is 35.2 Å². The van der Waals surface area contributed by atoms with Gasteiger partial charge in [0.05, 0.1) is 0 Å². The second-order valence-corrected chi connectivity index (χ2v) is 5.28. The molecule has 2 aromatic rings. The Morgan fingerprint density at radius 2 is 1.50 bits per heavy atom. The number of hydrogen-bond donors (Lipinski definition) is 1. The minimum Gasteiger partial charge on any atom is -0.485 e. The van der Waals surface area contributed by atoms with E-state index in [0.717, 1.165) is 16.9 Å². The first-order valence-corrected chi connectivity index (χ1v) is 6.18. The third kappa shape index (κ3) is 1.33. The Labute approximate surface area is 107 Å². The van der Waals surface area contributed by atoms with Crippen molar-refractivity contribution < 1.29 is 4.74 Å². The Morgan fingerprint density at radius 3 is 2.22 bits per heavy atom. The zero-order chi connectivity index (χ0) is 12.8. The Bertz CT molecular complexity index is 577. The first kappa shape index (κ1) is 11.3. The number of rotatable bonds is 1. The van der Waals surface area contributed by atoms with Crippen LogP contribution in [0.3, 0.4) is 0 Å². The summed E-state index contributed by atoms with van der Waals surface area (Å²) in [6.07, 6.45) is 0. The predicted octanol–water partition coefficient (Wildman–Crippen LogP) is 3.06. The van der Waals surface area contributed by atoms with Crippen molar-refractivity contribution in [2.24, 2.45) is 5.73 Å². The van der Waals surface area contributed by atoms with Gasteiger partial charge in [0.2, 0.25) is 0 Å². The Morgan fingerprint density at radius 1 is 0.889 bits per heavy atom. The molecular formula is C16H17NO. The van der Waals surface area contributed by atoms with Gasteiger partial charge in [0, 0.05) is 5.56 Å². The average Bonchev–Trinajstić information content (AvgIpc) is 2.59. The number of para-hydroxylation sites is 1. The van der Waals surface area contributed by atoms with E-state index in [-0.39, 0.29) is 0 Å². The lowest BCUT2D eigenvalue weighted by Crippen LogP contribution is -2.54. The third-order valence-electron chi connectivity index (χ3n) is 3.86. The predicted molar refractivity (Wildman–Crippen MR) is 72.6 cm³/mol. The molecule has 2 heteroatoms. The van der Waals surface area contributed by atoms with E-state index in [1.165, 1.54) is 0 Å². The summed E-state index contributed by atoms with van der Waals surface area (Å²) in [4.78, 5) is 0. The van der Waals surface area contributed by atoms with Crippen LogP contribution in [0.25, 0.3) is 0 Å². The van der Waals surface area contributed by atoms with E-state index in [1.54, 1.807) is 0 Å². The highest BCUT2D eigenvalue weighted by molar-refractivity contribution is 5.52. The fraction of sp³-hybridized carbons (Fsp3) is 0.250. The van der Waals surface area contributed by atoms with Crippen LogP contribution < -0.4 is 10.5 Å². The average molecular weight is 239 g/mol. The number of nitrogens with two attached hydrogens (primary N) is 1. The van der Waals surface area contributed by atoms with Crippen LogP contribution in [-0.4, -0.2) is 5.60 Å². The molecule has 3 rings (SSSR count). The van der Waals surface area contributed by atoms with Crippen molar-refractivity contribution in [3.8, 4) is 5.75 Å². The van der Waals surface area contributed by atoms with Gasteiger partial charge in [-0.2, -0.15) is 0 Å². The van der Waals surface area contributed by atoms with Gasteiger partial charge in [0.25, 0.3) is 0 Å². The van der Waals surface area contributed by atoms with E-state index in [9.17, 15) is 0 Å². The highest BCUT2D eigenvalue weighted by Gasteiger charge is 2.53. The van der Waals surface area contributed by atoms with Crippen molar-refractivity contribution in [3.05, 3.63) is 65.7 Å². The molecule has 0 fully saturated rings. The largest absolute Gasteiger partial charge is 0.485 e. The SMILES string of the molecule is CC1(C)Oc2ccccc2C1(N)c1ccccc1. The molecule has 2 aromatic carbocycles. The van der Waals surface area contributed by atoms with Gasteiger partial charge in [0.15, 0.2) is 0 Å². The monoisotopic (exact) mass is 239 g/mol. The Balaban J connectivity index is 2.26. The molecular weight excluding hydrogens is 222 g/mol. The second-order valence-electron chi connectivity index (χ2n) is 5.28. The minimum atomic E-state index is -0.606. The summed E-state index contributed by atoms with van der Waals surface area (Å²) in [6, 6.07) is 18.2. The van der Waals surface area contributed by atoms with Crippen molar-refractivity contribution >= 4 is 0 Å². The van der Waals surface area contributed by atoms with Crippen LogP contribution in [0.15, 0.2) is 54.6 Å². The molecule has 0 spiro atoms. The molecule has 2 nitrogen and oxygen atoms in total. The van der Waals surface area contributed by atoms with E-state index < -0.39 is 11.1 Å². The number of fused-ring (bicyclic) bond motifs is 1. The summed E-state index contributed by atoms with van der Waals surface area (Å²) in [5.41, 5.74) is 7.82. The fourth-order valence-electron chi connectivity index (χ4n) is 2.77. The molecule has 0 saturated carbocycles. The van der Waals surface area contributed by atoms with Gasteiger partial charge >= 0.3 is 0 Å². The maximum atomic E-state index is 6.74. The van der Waals surface area contributed by atoms with Crippen molar-refractivity contribution in [2.75, 3.05) is 0 Å². The summed E-state index contributed by atoms with van der Waals surface area (Å²) in [7, 11) is 0. The molecule has 0 bridgehead atoms. The van der Waals surface area contributed by atoms with Crippen LogP contribution in [0.2, 0.25) is 0 Å². The Kier molecular flexibility index (Phi) is 2.26. The minimum absolute atomic E-state index is 0.460. The van der Waals surface area contributed by atoms with Gasteiger partial charge in [-0.15, -0.1) is 0 Å². The summed E-state index contributed by atoms with van der Waals surface area (Å²) in [5.74, 6) is 0.883. The highest BCUT2D eigenvalue weighted by Crippen LogP contribution is 2.49. The quantitative estimate of drug-likeness (QED) is 0.830. The van der Waals surface area contributed by atoms with Crippen LogP contribution in [0.4, 0.5) is 0 Å². The highest BCUT2D eigenvalue weighted by atomic mass is 16.5. The summed E-state index contributed by atoms with van der Waals surface area (Å²) in [5, 5.41) is 0. The first-order valence-electron chi connectivity index (χ1n) is 6.18. The van der Waals surface area contributed by atoms with Gasteiger partial charge in [-0.1, -0.05) is 48.5 Å². The van der Waals surface area contributed by atoms with E-state index in [1.807, 2.05) is 50.2 Å². The first-order chi connectivity index (χ1) is 8.56. The molecule has 92 valence electrons. The van der Waals surface area contributed by atoms with E-state index in [0.29, 0.717) is 0 Å². The van der Waals surface area contributed by atoms with Crippen LogP contribution in [0.1, 0.15) is 25.0 Å². The summed E-state index contributed by atoms with van der Waals surface area (Å²) in [6.45, 7) is 4.08. The van der Waals surface area contributed by atoms with Crippen molar-refractivity contribution in [1.82, 2.24) is 0 Å². The zero-order valence-electron chi connectivity index (χ0n) is 10.7. The summed E-state index contributed by atoms with van der Waals surface area (Å²) < 4.78 is 6.04. The molecule has 1 aliphatic rings. The van der Waals surface area contributed by atoms with E-state index in [2.05, 4.69) is 18.2 Å². The maximum Gasteiger partial charge on any atom is 0.130 e. The van der Waals surface area contributed by atoms with Gasteiger partial charge in [-0.3, -0.25) is 0 Å². The van der Waals surface area contributed by atoms with Crippen LogP contribution in [0.5, 0.6) is 5.75 Å². The van der Waals surface area contributed by atoms with E-state index in [4.69, 9.17) is 10.5 Å². The fourth-order valence-corrected chi connectivity index (χ4v) is 2.77. The molecule has 18 heavy (non-hydrogen) atoms. The standard InChI is InChI=1S/C16H17NO/c1-15(2)16(17,12-8-4-3-5-9-12)13-10-6-7-11-14(13)18-15/h3-11H,17H2,1-2H3. The van der Waals surface area contributed by atoms with Gasteiger partial charge < -0.3 is 10.5 Å². The Hall–Kier alpha value is -1.80. The molecule has 0 amide bonds. The molecule has 1 aliphatic heterocycles. The molecule has 0 aromatic heterocycles. The molecule has 1 atom stereocenters. The normalized spacial score (nSPS) is 24.4. The molecule has 0 aliphatic carbocycles. The van der Waals surface area contributed by atoms with Gasteiger partial charge in [0.1, 0.15) is 16.9 Å². The third-order valence-corrected chi connectivity index (χ3v) is 3.86. The van der Waals surface area contributed by atoms with Crippen molar-refractivity contribution in [1.29, 1.82) is 0 Å². The van der Waals surface area contributed by atoms with Crippen molar-refractivity contribution in [2.45, 2.75) is 25.0 Å². The number of benzene rings is 2. The second kappa shape index (κ2) is 3.59. The zero-order valence-corrected chi connectivity index (χ0v) is 10.7. The lowest BCUT2D eigenvalue weighted by Gasteiger charge is -2.37. The van der Waals surface area contributed by atoms with Crippen LogP contribution in [0, 0.1) is 0 Å².